The van der Waals surface area contributed by atoms with Crippen molar-refractivity contribution in [3.8, 4) is 0 Å². The SMILES string of the molecule is O=C(Cc1ccc(Cl)c(Cl)c1)S(=O)(=O)O. The maximum absolute atomic E-state index is 10.9. The molecule has 0 saturated heterocycles. The van der Waals surface area contributed by atoms with Crippen molar-refractivity contribution in [1.82, 2.24) is 0 Å². The van der Waals surface area contributed by atoms with Gasteiger partial charge in [0.2, 0.25) is 0 Å². The van der Waals surface area contributed by atoms with Crippen molar-refractivity contribution in [2.45, 2.75) is 6.42 Å². The van der Waals surface area contributed by atoms with E-state index in [0.717, 1.165) is 0 Å². The van der Waals surface area contributed by atoms with Crippen LogP contribution in [-0.4, -0.2) is 18.1 Å². The molecule has 0 atom stereocenters. The lowest BCUT2D eigenvalue weighted by Gasteiger charge is -2.00. The number of carbonyl (C=O) groups excluding carboxylic acids is 1. The lowest BCUT2D eigenvalue weighted by molar-refractivity contribution is -0.111. The van der Waals surface area contributed by atoms with Crippen molar-refractivity contribution >= 4 is 38.4 Å². The molecule has 7 heteroatoms. The van der Waals surface area contributed by atoms with E-state index in [-0.39, 0.29) is 5.02 Å². The molecule has 1 N–H and O–H groups in total. The highest BCUT2D eigenvalue weighted by Crippen LogP contribution is 2.22. The van der Waals surface area contributed by atoms with Gasteiger partial charge in [-0.05, 0) is 17.7 Å². The smallest absolute Gasteiger partial charge is 0.280 e. The van der Waals surface area contributed by atoms with E-state index in [0.29, 0.717) is 10.6 Å². The minimum atomic E-state index is -4.64. The van der Waals surface area contributed by atoms with Crippen LogP contribution in [-0.2, 0) is 21.3 Å². The van der Waals surface area contributed by atoms with E-state index in [1.807, 2.05) is 0 Å². The van der Waals surface area contributed by atoms with Crippen LogP contribution in [0.5, 0.6) is 0 Å². The number of hydrogen-bond acceptors (Lipinski definition) is 3. The molecular weight excluding hydrogens is 263 g/mol. The fourth-order valence-corrected chi connectivity index (χ4v) is 1.58. The van der Waals surface area contributed by atoms with Gasteiger partial charge in [-0.25, -0.2) is 0 Å². The van der Waals surface area contributed by atoms with Crippen molar-refractivity contribution in [2.24, 2.45) is 0 Å². The predicted molar refractivity (Wildman–Crippen MR) is 56.7 cm³/mol. The summed E-state index contributed by atoms with van der Waals surface area (Å²) in [6.45, 7) is 0. The van der Waals surface area contributed by atoms with E-state index in [9.17, 15) is 13.2 Å². The summed E-state index contributed by atoms with van der Waals surface area (Å²) in [6.07, 6.45) is -0.435. The summed E-state index contributed by atoms with van der Waals surface area (Å²) in [7, 11) is -4.64. The van der Waals surface area contributed by atoms with Gasteiger partial charge in [-0.1, -0.05) is 29.3 Å². The largest absolute Gasteiger partial charge is 0.329 e. The first-order valence-corrected chi connectivity index (χ1v) is 5.94. The molecule has 0 fully saturated rings. The Labute approximate surface area is 96.6 Å². The van der Waals surface area contributed by atoms with Crippen molar-refractivity contribution in [2.75, 3.05) is 0 Å². The monoisotopic (exact) mass is 268 g/mol. The van der Waals surface area contributed by atoms with E-state index < -0.39 is 21.7 Å². The summed E-state index contributed by atoms with van der Waals surface area (Å²) in [5, 5.41) is -0.752. The Morgan fingerprint density at radius 3 is 2.33 bits per heavy atom. The molecule has 0 aliphatic heterocycles. The molecule has 0 amide bonds. The Kier molecular flexibility index (Phi) is 3.72. The van der Waals surface area contributed by atoms with Gasteiger partial charge in [0.25, 0.3) is 5.12 Å². The average Bonchev–Trinajstić information content (AvgIpc) is 2.10. The molecule has 0 aliphatic rings. The van der Waals surface area contributed by atoms with Gasteiger partial charge in [0.05, 0.1) is 10.0 Å². The molecule has 1 aromatic rings. The van der Waals surface area contributed by atoms with E-state index in [4.69, 9.17) is 27.8 Å². The molecule has 0 spiro atoms. The predicted octanol–water partition coefficient (Wildman–Crippen LogP) is 1.95. The van der Waals surface area contributed by atoms with Crippen molar-refractivity contribution in [3.63, 3.8) is 0 Å². The molecule has 1 aromatic carbocycles. The topological polar surface area (TPSA) is 71.4 Å². The third-order valence-corrected chi connectivity index (χ3v) is 3.08. The molecule has 0 saturated carbocycles. The molecule has 0 unspecified atom stereocenters. The zero-order chi connectivity index (χ0) is 11.6. The van der Waals surface area contributed by atoms with Crippen LogP contribution in [0, 0.1) is 0 Å². The Morgan fingerprint density at radius 1 is 1.27 bits per heavy atom. The summed E-state index contributed by atoms with van der Waals surface area (Å²) in [4.78, 5) is 10.9. The molecule has 0 radical (unpaired) electrons. The first-order chi connectivity index (χ1) is 6.80. The zero-order valence-corrected chi connectivity index (χ0v) is 9.60. The van der Waals surface area contributed by atoms with Gasteiger partial charge in [-0.3, -0.25) is 9.35 Å². The van der Waals surface area contributed by atoms with E-state index in [1.165, 1.54) is 18.2 Å². The molecule has 0 aromatic heterocycles. The third-order valence-electron chi connectivity index (χ3n) is 1.62. The first kappa shape index (κ1) is 12.4. The van der Waals surface area contributed by atoms with Crippen molar-refractivity contribution in [3.05, 3.63) is 33.8 Å². The second kappa shape index (κ2) is 4.49. The van der Waals surface area contributed by atoms with Gasteiger partial charge in [-0.2, -0.15) is 8.42 Å². The first-order valence-electron chi connectivity index (χ1n) is 3.75. The summed E-state index contributed by atoms with van der Waals surface area (Å²) in [5.74, 6) is 0. The van der Waals surface area contributed by atoms with Gasteiger partial charge < -0.3 is 0 Å². The fraction of sp³-hybridized carbons (Fsp3) is 0.125. The highest BCUT2D eigenvalue weighted by Gasteiger charge is 2.18. The molecule has 0 aliphatic carbocycles. The Balaban J connectivity index is 2.92. The standard InChI is InChI=1S/C8H6Cl2O4S/c9-6-2-1-5(3-7(6)10)4-8(11)15(12,13)14/h1-3H,4H2,(H,12,13,14). The highest BCUT2D eigenvalue weighted by molar-refractivity contribution is 8.01. The number of carbonyl (C=O) groups is 1. The van der Waals surface area contributed by atoms with Gasteiger partial charge in [-0.15, -0.1) is 0 Å². The molecule has 4 nitrogen and oxygen atoms in total. The van der Waals surface area contributed by atoms with Gasteiger partial charge in [0.15, 0.2) is 0 Å². The van der Waals surface area contributed by atoms with Crippen LogP contribution in [0.2, 0.25) is 10.0 Å². The second-order valence-corrected chi connectivity index (χ2v) is 4.99. The Morgan fingerprint density at radius 2 is 1.87 bits per heavy atom. The maximum Gasteiger partial charge on any atom is 0.329 e. The van der Waals surface area contributed by atoms with Gasteiger partial charge >= 0.3 is 10.1 Å². The average molecular weight is 269 g/mol. The Bertz CT molecular complexity index is 495. The fourth-order valence-electron chi connectivity index (χ4n) is 0.907. The van der Waals surface area contributed by atoms with Crippen LogP contribution in [0.15, 0.2) is 18.2 Å². The van der Waals surface area contributed by atoms with Crippen LogP contribution in [0.1, 0.15) is 5.56 Å². The van der Waals surface area contributed by atoms with Crippen LogP contribution >= 0.6 is 23.2 Å². The second-order valence-electron chi connectivity index (χ2n) is 2.77. The number of rotatable bonds is 2. The number of halogens is 2. The van der Waals surface area contributed by atoms with Crippen LogP contribution < -0.4 is 0 Å². The lowest BCUT2D eigenvalue weighted by Crippen LogP contribution is -2.15. The molecule has 15 heavy (non-hydrogen) atoms. The van der Waals surface area contributed by atoms with Crippen molar-refractivity contribution < 1.29 is 17.8 Å². The van der Waals surface area contributed by atoms with Crippen LogP contribution in [0.3, 0.4) is 0 Å². The molecule has 1 rings (SSSR count). The molecule has 82 valence electrons. The summed E-state index contributed by atoms with van der Waals surface area (Å²) in [6, 6.07) is 4.26. The zero-order valence-electron chi connectivity index (χ0n) is 7.28. The van der Waals surface area contributed by atoms with E-state index >= 15 is 0 Å². The third kappa shape index (κ3) is 3.46. The van der Waals surface area contributed by atoms with E-state index in [2.05, 4.69) is 0 Å². The quantitative estimate of drug-likeness (QED) is 0.833. The molecular formula is C8H6Cl2O4S. The van der Waals surface area contributed by atoms with Gasteiger partial charge in [0, 0.05) is 6.42 Å². The van der Waals surface area contributed by atoms with Crippen LogP contribution in [0.25, 0.3) is 0 Å². The molecule has 0 heterocycles. The summed E-state index contributed by atoms with van der Waals surface area (Å²) >= 11 is 11.3. The van der Waals surface area contributed by atoms with Crippen LogP contribution in [0.4, 0.5) is 0 Å². The van der Waals surface area contributed by atoms with E-state index in [1.54, 1.807) is 0 Å². The number of hydrogen-bond donors (Lipinski definition) is 1. The highest BCUT2D eigenvalue weighted by atomic mass is 35.5. The maximum atomic E-state index is 10.9. The Hall–Kier alpha value is -0.620. The molecule has 0 bridgehead atoms. The summed E-state index contributed by atoms with van der Waals surface area (Å²) in [5.41, 5.74) is 0.368. The lowest BCUT2D eigenvalue weighted by atomic mass is 10.2. The van der Waals surface area contributed by atoms with Gasteiger partial charge in [0.1, 0.15) is 0 Å². The normalized spacial score (nSPS) is 11.4. The number of benzene rings is 1. The minimum absolute atomic E-state index is 0.220. The van der Waals surface area contributed by atoms with Crippen molar-refractivity contribution in [1.29, 1.82) is 0 Å². The summed E-state index contributed by atoms with van der Waals surface area (Å²) < 4.78 is 29.3. The minimum Gasteiger partial charge on any atom is -0.280 e.